The molecule has 1 aromatic carbocycles. The topological polar surface area (TPSA) is 63.6 Å². The van der Waals surface area contributed by atoms with Gasteiger partial charge in [-0.15, -0.1) is 0 Å². The number of aryl methyl sites for hydroxylation is 1. The van der Waals surface area contributed by atoms with E-state index in [-0.39, 0.29) is 17.8 Å². The van der Waals surface area contributed by atoms with Gasteiger partial charge in [0, 0.05) is 24.9 Å². The second-order valence-corrected chi connectivity index (χ2v) is 8.00. The molecule has 1 unspecified atom stereocenters. The first kappa shape index (κ1) is 19.5. The molecule has 1 amide bonds. The highest BCUT2D eigenvalue weighted by atomic mass is 19.1. The van der Waals surface area contributed by atoms with Gasteiger partial charge in [0.05, 0.1) is 6.20 Å². The highest BCUT2D eigenvalue weighted by Gasteiger charge is 2.33. The zero-order valence-electron chi connectivity index (χ0n) is 17.3. The molecule has 0 aliphatic carbocycles. The van der Waals surface area contributed by atoms with Gasteiger partial charge in [-0.1, -0.05) is 18.2 Å². The number of aromatic nitrogens is 3. The summed E-state index contributed by atoms with van der Waals surface area (Å²) in [5.74, 6) is 0.875. The fourth-order valence-electron chi connectivity index (χ4n) is 4.19. The zero-order valence-corrected chi connectivity index (χ0v) is 17.3. The maximum atomic E-state index is 13.3. The van der Waals surface area contributed by atoms with Gasteiger partial charge in [-0.3, -0.25) is 4.79 Å². The number of piperidine rings is 1. The maximum Gasteiger partial charge on any atom is 0.274 e. The van der Waals surface area contributed by atoms with E-state index < -0.39 is 0 Å². The van der Waals surface area contributed by atoms with Crippen molar-refractivity contribution in [2.45, 2.75) is 38.6 Å². The Labute approximate surface area is 179 Å². The Hall–Kier alpha value is -3.48. The van der Waals surface area contributed by atoms with Crippen molar-refractivity contribution in [3.63, 3.8) is 0 Å². The van der Waals surface area contributed by atoms with Gasteiger partial charge in [0.25, 0.3) is 5.91 Å². The van der Waals surface area contributed by atoms with Crippen LogP contribution < -0.4 is 0 Å². The normalized spacial score (nSPS) is 16.7. The van der Waals surface area contributed by atoms with Gasteiger partial charge in [0.1, 0.15) is 29.0 Å². The molecule has 31 heavy (non-hydrogen) atoms. The number of benzene rings is 1. The summed E-state index contributed by atoms with van der Waals surface area (Å²) in [4.78, 5) is 24.2. The van der Waals surface area contributed by atoms with Gasteiger partial charge < -0.3 is 13.7 Å². The summed E-state index contributed by atoms with van der Waals surface area (Å²) in [6.45, 7) is 2.63. The van der Waals surface area contributed by atoms with Crippen molar-refractivity contribution in [2.24, 2.45) is 0 Å². The first-order valence-electron chi connectivity index (χ1n) is 10.5. The quantitative estimate of drug-likeness (QED) is 0.481. The van der Waals surface area contributed by atoms with Crippen LogP contribution in [0, 0.1) is 12.7 Å². The lowest BCUT2D eigenvalue weighted by Crippen LogP contribution is -2.38. The zero-order chi connectivity index (χ0) is 21.4. The van der Waals surface area contributed by atoms with E-state index in [4.69, 9.17) is 4.42 Å². The monoisotopic (exact) mass is 418 g/mol. The van der Waals surface area contributed by atoms with E-state index in [9.17, 15) is 9.18 Å². The van der Waals surface area contributed by atoms with E-state index in [0.29, 0.717) is 30.3 Å². The first-order valence-corrected chi connectivity index (χ1v) is 10.5. The summed E-state index contributed by atoms with van der Waals surface area (Å²) in [5, 5.41) is 0. The van der Waals surface area contributed by atoms with Crippen molar-refractivity contribution in [3.8, 4) is 0 Å². The molecule has 1 atom stereocenters. The van der Waals surface area contributed by atoms with Crippen LogP contribution in [0.15, 0.2) is 59.3 Å². The van der Waals surface area contributed by atoms with Crippen molar-refractivity contribution in [3.05, 3.63) is 89.3 Å². The molecule has 4 heterocycles. The fourth-order valence-corrected chi connectivity index (χ4v) is 4.19. The SMILES string of the molecule is Cc1cccc2nc(C(=O)N3CCCCC3c3ncc(Cc4ccc(F)cc4)o3)cn12. The molecular weight excluding hydrogens is 395 g/mol. The molecule has 7 heteroatoms. The van der Waals surface area contributed by atoms with Gasteiger partial charge in [0.2, 0.25) is 5.89 Å². The molecule has 0 N–H and O–H groups in total. The minimum atomic E-state index is -0.263. The number of hydrogen-bond acceptors (Lipinski definition) is 4. The van der Waals surface area contributed by atoms with E-state index in [1.54, 1.807) is 24.5 Å². The molecule has 1 aliphatic heterocycles. The van der Waals surface area contributed by atoms with Crippen LogP contribution in [0.2, 0.25) is 0 Å². The van der Waals surface area contributed by atoms with Gasteiger partial charge in [-0.2, -0.15) is 0 Å². The molecule has 1 fully saturated rings. The third kappa shape index (κ3) is 3.83. The summed E-state index contributed by atoms with van der Waals surface area (Å²) in [5.41, 5.74) is 3.16. The number of rotatable bonds is 4. The van der Waals surface area contributed by atoms with Crippen molar-refractivity contribution in [1.82, 2.24) is 19.3 Å². The minimum absolute atomic E-state index is 0.105. The standard InChI is InChI=1S/C24H23FN4O2/c1-16-5-4-7-22-27-20(15-29(16)22)24(30)28-12-3-2-6-21(28)23-26-14-19(31-23)13-17-8-10-18(25)11-9-17/h4-5,7-11,14-15,21H,2-3,6,12-13H2,1H3. The third-order valence-electron chi connectivity index (χ3n) is 5.83. The van der Waals surface area contributed by atoms with Crippen molar-refractivity contribution < 1.29 is 13.6 Å². The van der Waals surface area contributed by atoms with Gasteiger partial charge >= 0.3 is 0 Å². The van der Waals surface area contributed by atoms with E-state index in [0.717, 1.165) is 36.2 Å². The summed E-state index contributed by atoms with van der Waals surface area (Å²) in [6.07, 6.45) is 6.78. The van der Waals surface area contributed by atoms with Crippen molar-refractivity contribution >= 4 is 11.6 Å². The van der Waals surface area contributed by atoms with Crippen LogP contribution in [-0.4, -0.2) is 31.7 Å². The number of likely N-dealkylation sites (tertiary alicyclic amines) is 1. The van der Waals surface area contributed by atoms with Crippen LogP contribution in [-0.2, 0) is 6.42 Å². The number of hydrogen-bond donors (Lipinski definition) is 0. The van der Waals surface area contributed by atoms with Crippen molar-refractivity contribution in [2.75, 3.05) is 6.54 Å². The molecular formula is C24H23FN4O2. The smallest absolute Gasteiger partial charge is 0.274 e. The van der Waals surface area contributed by atoms with Crippen LogP contribution in [0.3, 0.4) is 0 Å². The average molecular weight is 418 g/mol. The molecule has 0 saturated carbocycles. The third-order valence-corrected chi connectivity index (χ3v) is 5.83. The predicted octanol–water partition coefficient (Wildman–Crippen LogP) is 4.73. The lowest BCUT2D eigenvalue weighted by molar-refractivity contribution is 0.0564. The molecule has 158 valence electrons. The van der Waals surface area contributed by atoms with E-state index in [2.05, 4.69) is 9.97 Å². The molecule has 1 saturated heterocycles. The van der Waals surface area contributed by atoms with Crippen LogP contribution in [0.5, 0.6) is 0 Å². The summed E-state index contributed by atoms with van der Waals surface area (Å²) >= 11 is 0. The second kappa shape index (κ2) is 7.98. The lowest BCUT2D eigenvalue weighted by Gasteiger charge is -2.33. The maximum absolute atomic E-state index is 13.3. The summed E-state index contributed by atoms with van der Waals surface area (Å²) in [7, 11) is 0. The molecule has 0 spiro atoms. The number of amides is 1. The Morgan fingerprint density at radius 2 is 2.03 bits per heavy atom. The Bertz CT molecular complexity index is 1230. The molecule has 0 bridgehead atoms. The minimum Gasteiger partial charge on any atom is -0.443 e. The highest BCUT2D eigenvalue weighted by molar-refractivity contribution is 5.93. The number of oxazole rings is 1. The van der Waals surface area contributed by atoms with Crippen LogP contribution in [0.25, 0.3) is 5.65 Å². The number of fused-ring (bicyclic) bond motifs is 1. The fraction of sp³-hybridized carbons (Fsp3) is 0.292. The number of pyridine rings is 1. The lowest BCUT2D eigenvalue weighted by atomic mass is 10.0. The Balaban J connectivity index is 1.39. The van der Waals surface area contributed by atoms with Crippen LogP contribution in [0.4, 0.5) is 4.39 Å². The highest BCUT2D eigenvalue weighted by Crippen LogP contribution is 2.32. The van der Waals surface area contributed by atoms with Gasteiger partial charge in [-0.25, -0.2) is 14.4 Å². The van der Waals surface area contributed by atoms with Crippen LogP contribution >= 0.6 is 0 Å². The number of carbonyl (C=O) groups excluding carboxylic acids is 1. The average Bonchev–Trinajstić information content (AvgIpc) is 3.43. The Morgan fingerprint density at radius 1 is 1.19 bits per heavy atom. The molecule has 1 aliphatic rings. The van der Waals surface area contributed by atoms with Gasteiger partial charge in [-0.05, 0) is 56.0 Å². The largest absolute Gasteiger partial charge is 0.443 e. The van der Waals surface area contributed by atoms with Crippen LogP contribution in [0.1, 0.15) is 58.7 Å². The summed E-state index contributed by atoms with van der Waals surface area (Å²) < 4.78 is 21.1. The summed E-state index contributed by atoms with van der Waals surface area (Å²) in [6, 6.07) is 11.9. The molecule has 5 rings (SSSR count). The molecule has 3 aromatic heterocycles. The number of halogens is 1. The van der Waals surface area contributed by atoms with Crippen molar-refractivity contribution in [1.29, 1.82) is 0 Å². The molecule has 4 aromatic rings. The van der Waals surface area contributed by atoms with E-state index >= 15 is 0 Å². The Kier molecular flexibility index (Phi) is 5.02. The second-order valence-electron chi connectivity index (χ2n) is 8.00. The van der Waals surface area contributed by atoms with E-state index in [1.165, 1.54) is 12.1 Å². The first-order chi connectivity index (χ1) is 15.1. The molecule has 0 radical (unpaired) electrons. The predicted molar refractivity (Wildman–Crippen MR) is 113 cm³/mol. The van der Waals surface area contributed by atoms with E-state index in [1.807, 2.05) is 34.4 Å². The Morgan fingerprint density at radius 3 is 2.84 bits per heavy atom. The van der Waals surface area contributed by atoms with Gasteiger partial charge in [0.15, 0.2) is 0 Å². The number of nitrogens with zero attached hydrogens (tertiary/aromatic N) is 4. The number of carbonyl (C=O) groups is 1. The molecule has 6 nitrogen and oxygen atoms in total. The number of imidazole rings is 1.